The second-order valence-corrected chi connectivity index (χ2v) is 8.56. The predicted molar refractivity (Wildman–Crippen MR) is 117 cm³/mol. The number of hydrogen-bond acceptors (Lipinski definition) is 6. The van der Waals surface area contributed by atoms with Crippen molar-refractivity contribution in [2.45, 2.75) is 25.8 Å². The molecule has 0 bridgehead atoms. The molecule has 1 aliphatic heterocycles. The summed E-state index contributed by atoms with van der Waals surface area (Å²) >= 11 is 1.28. The Morgan fingerprint density at radius 1 is 1.32 bits per heavy atom. The molecule has 3 aromatic rings. The van der Waals surface area contributed by atoms with Gasteiger partial charge in [0.15, 0.2) is 16.8 Å². The van der Waals surface area contributed by atoms with E-state index in [1.807, 2.05) is 11.8 Å². The molecule has 1 fully saturated rings. The Bertz CT molecular complexity index is 1090. The monoisotopic (exact) mass is 447 g/mol. The van der Waals surface area contributed by atoms with Crippen molar-refractivity contribution < 1.29 is 18.7 Å². The van der Waals surface area contributed by atoms with E-state index in [9.17, 15) is 13.6 Å². The third-order valence-corrected chi connectivity index (χ3v) is 6.20. The summed E-state index contributed by atoms with van der Waals surface area (Å²) in [5.74, 6) is -0.502. The second kappa shape index (κ2) is 9.11. The van der Waals surface area contributed by atoms with E-state index >= 15 is 0 Å². The number of carbonyl (C=O) groups excluding carboxylic acids is 1. The van der Waals surface area contributed by atoms with E-state index in [0.29, 0.717) is 43.1 Å². The summed E-state index contributed by atoms with van der Waals surface area (Å²) in [6.45, 7) is 3.22. The van der Waals surface area contributed by atoms with Gasteiger partial charge in [-0.2, -0.15) is 0 Å². The first-order chi connectivity index (χ1) is 14.9. The molecule has 2 amide bonds. The minimum absolute atomic E-state index is 0.0539. The zero-order chi connectivity index (χ0) is 22.0. The third-order valence-electron chi connectivity index (χ3n) is 5.25. The van der Waals surface area contributed by atoms with Crippen molar-refractivity contribution >= 4 is 38.5 Å². The number of halogens is 2. The van der Waals surface area contributed by atoms with Gasteiger partial charge in [-0.05, 0) is 43.5 Å². The van der Waals surface area contributed by atoms with Crippen LogP contribution >= 0.6 is 11.3 Å². The summed E-state index contributed by atoms with van der Waals surface area (Å²) in [5, 5.41) is 12.1. The molecule has 0 unspecified atom stereocenters. The van der Waals surface area contributed by atoms with E-state index in [-0.39, 0.29) is 30.3 Å². The lowest BCUT2D eigenvalue weighted by atomic mass is 10.1. The number of aryl methyl sites for hydroxylation is 1. The van der Waals surface area contributed by atoms with Crippen molar-refractivity contribution in [2.75, 3.05) is 36.5 Å². The molecule has 0 spiro atoms. The zero-order valence-corrected chi connectivity index (χ0v) is 17.8. The van der Waals surface area contributed by atoms with Gasteiger partial charge in [-0.25, -0.2) is 23.5 Å². The van der Waals surface area contributed by atoms with Crippen LogP contribution in [-0.4, -0.2) is 58.3 Å². The van der Waals surface area contributed by atoms with Crippen LogP contribution < -0.4 is 10.2 Å². The molecule has 4 rings (SSSR count). The first kappa shape index (κ1) is 21.4. The Hall–Kier alpha value is -2.85. The number of thiazole rings is 1. The minimum Gasteiger partial charge on any atom is -0.396 e. The second-order valence-electron chi connectivity index (χ2n) is 7.53. The number of anilines is 2. The Balaban J connectivity index is 1.39. The maximum Gasteiger partial charge on any atom is 0.323 e. The maximum absolute atomic E-state index is 14.6. The highest BCUT2D eigenvalue weighted by Gasteiger charge is 2.29. The Morgan fingerprint density at radius 2 is 2.16 bits per heavy atom. The number of aliphatic hydroxyl groups excluding tert-OH is 1. The summed E-state index contributed by atoms with van der Waals surface area (Å²) in [7, 11) is 0. The van der Waals surface area contributed by atoms with Gasteiger partial charge in [0.05, 0.1) is 10.2 Å². The van der Waals surface area contributed by atoms with Crippen molar-refractivity contribution in [2.24, 2.45) is 0 Å². The van der Waals surface area contributed by atoms with Crippen molar-refractivity contribution in [1.82, 2.24) is 14.9 Å². The van der Waals surface area contributed by atoms with Crippen LogP contribution in [0.4, 0.5) is 24.5 Å². The third kappa shape index (κ3) is 4.75. The van der Waals surface area contributed by atoms with Crippen molar-refractivity contribution in [3.8, 4) is 0 Å². The molecule has 1 saturated heterocycles. The summed E-state index contributed by atoms with van der Waals surface area (Å²) < 4.78 is 28.8. The standard InChI is InChI=1S/C21H23F2N5O2S/c1-13-12-27(21(30)26-20-25-17-10-15(22)4-5-18(17)31-20)6-7-28(13)19-16(23)9-14(11-24-19)3-2-8-29/h4-5,9-11,13,29H,2-3,6-8,12H2,1H3,(H,25,26,30)/t13-/m1/s1. The number of urea groups is 1. The van der Waals surface area contributed by atoms with Crippen molar-refractivity contribution in [1.29, 1.82) is 0 Å². The first-order valence-electron chi connectivity index (χ1n) is 10.1. The number of carbonyl (C=O) groups is 1. The Morgan fingerprint density at radius 3 is 2.90 bits per heavy atom. The van der Waals surface area contributed by atoms with Gasteiger partial charge in [0.25, 0.3) is 0 Å². The van der Waals surface area contributed by atoms with Crippen LogP contribution in [-0.2, 0) is 6.42 Å². The zero-order valence-electron chi connectivity index (χ0n) is 17.0. The average Bonchev–Trinajstić information content (AvgIpc) is 3.14. The number of fused-ring (bicyclic) bond motifs is 1. The van der Waals surface area contributed by atoms with E-state index in [4.69, 9.17) is 5.11 Å². The lowest BCUT2D eigenvalue weighted by Gasteiger charge is -2.40. The van der Waals surface area contributed by atoms with Crippen LogP contribution in [0.1, 0.15) is 18.9 Å². The number of nitrogens with zero attached hydrogens (tertiary/aromatic N) is 4. The van der Waals surface area contributed by atoms with E-state index < -0.39 is 5.82 Å². The highest BCUT2D eigenvalue weighted by molar-refractivity contribution is 7.22. The summed E-state index contributed by atoms with van der Waals surface area (Å²) in [6, 6.07) is 5.36. The topological polar surface area (TPSA) is 81.6 Å². The smallest absolute Gasteiger partial charge is 0.323 e. The van der Waals surface area contributed by atoms with Gasteiger partial charge in [0, 0.05) is 44.5 Å². The number of pyridine rings is 1. The van der Waals surface area contributed by atoms with Gasteiger partial charge in [0.2, 0.25) is 0 Å². The molecule has 10 heteroatoms. The number of benzene rings is 1. The Kier molecular flexibility index (Phi) is 6.28. The van der Waals surface area contributed by atoms with Crippen LogP contribution in [0.25, 0.3) is 10.2 Å². The lowest BCUT2D eigenvalue weighted by Crippen LogP contribution is -2.55. The van der Waals surface area contributed by atoms with Crippen LogP contribution in [0.2, 0.25) is 0 Å². The lowest BCUT2D eigenvalue weighted by molar-refractivity contribution is 0.199. The summed E-state index contributed by atoms with van der Waals surface area (Å²) in [5.41, 5.74) is 1.25. The molecule has 0 radical (unpaired) electrons. The molecule has 2 N–H and O–H groups in total. The highest BCUT2D eigenvalue weighted by Crippen LogP contribution is 2.27. The van der Waals surface area contributed by atoms with E-state index in [2.05, 4.69) is 15.3 Å². The largest absolute Gasteiger partial charge is 0.396 e. The van der Waals surface area contributed by atoms with Gasteiger partial charge in [-0.15, -0.1) is 0 Å². The molecular weight excluding hydrogens is 424 g/mol. The first-order valence-corrected chi connectivity index (χ1v) is 10.9. The maximum atomic E-state index is 14.6. The molecule has 1 aromatic carbocycles. The molecular formula is C21H23F2N5O2S. The van der Waals surface area contributed by atoms with Gasteiger partial charge in [0.1, 0.15) is 5.82 Å². The fraction of sp³-hybridized carbons (Fsp3) is 0.381. The van der Waals surface area contributed by atoms with Gasteiger partial charge >= 0.3 is 6.03 Å². The van der Waals surface area contributed by atoms with Gasteiger partial charge < -0.3 is 14.9 Å². The fourth-order valence-electron chi connectivity index (χ4n) is 3.68. The number of rotatable bonds is 5. The average molecular weight is 448 g/mol. The van der Waals surface area contributed by atoms with E-state index in [1.165, 1.54) is 29.5 Å². The van der Waals surface area contributed by atoms with Crippen LogP contribution in [0.5, 0.6) is 0 Å². The number of piperazine rings is 1. The van der Waals surface area contributed by atoms with Crippen LogP contribution in [0.3, 0.4) is 0 Å². The van der Waals surface area contributed by atoms with Crippen LogP contribution in [0.15, 0.2) is 30.5 Å². The summed E-state index contributed by atoms with van der Waals surface area (Å²) in [6.07, 6.45) is 2.77. The van der Waals surface area contributed by atoms with Crippen molar-refractivity contribution in [3.05, 3.63) is 47.7 Å². The van der Waals surface area contributed by atoms with Gasteiger partial charge in [-0.3, -0.25) is 5.32 Å². The molecule has 1 aliphatic rings. The number of aromatic nitrogens is 2. The number of nitrogens with one attached hydrogen (secondary N) is 1. The van der Waals surface area contributed by atoms with E-state index in [1.54, 1.807) is 17.2 Å². The SMILES string of the molecule is C[C@@H]1CN(C(=O)Nc2nc3cc(F)ccc3s2)CCN1c1ncc(CCCO)cc1F. The number of aliphatic hydroxyl groups is 1. The quantitative estimate of drug-likeness (QED) is 0.624. The molecule has 0 aliphatic carbocycles. The Labute approximate surface area is 182 Å². The van der Waals surface area contributed by atoms with Gasteiger partial charge in [-0.1, -0.05) is 11.3 Å². The molecule has 2 aromatic heterocycles. The predicted octanol–water partition coefficient (Wildman–Crippen LogP) is 3.64. The molecule has 31 heavy (non-hydrogen) atoms. The number of amides is 2. The van der Waals surface area contributed by atoms with E-state index in [0.717, 1.165) is 10.3 Å². The molecule has 1 atom stereocenters. The molecule has 0 saturated carbocycles. The highest BCUT2D eigenvalue weighted by atomic mass is 32.1. The summed E-state index contributed by atoms with van der Waals surface area (Å²) in [4.78, 5) is 24.8. The number of hydrogen-bond donors (Lipinski definition) is 2. The molecule has 7 nitrogen and oxygen atoms in total. The molecule has 164 valence electrons. The molecule has 3 heterocycles. The minimum atomic E-state index is -0.401. The van der Waals surface area contributed by atoms with Crippen molar-refractivity contribution in [3.63, 3.8) is 0 Å². The normalized spacial score (nSPS) is 16.7. The fourth-order valence-corrected chi connectivity index (χ4v) is 4.52. The van der Waals surface area contributed by atoms with Crippen LogP contribution in [0, 0.1) is 11.6 Å².